The second kappa shape index (κ2) is 5.71. The lowest BCUT2D eigenvalue weighted by atomic mass is 10.1. The highest BCUT2D eigenvalue weighted by atomic mass is 79.9. The van der Waals surface area contributed by atoms with Gasteiger partial charge >= 0.3 is 0 Å². The fourth-order valence-corrected chi connectivity index (χ4v) is 3.08. The summed E-state index contributed by atoms with van der Waals surface area (Å²) in [5.74, 6) is -1.98. The van der Waals surface area contributed by atoms with Crippen molar-refractivity contribution in [3.63, 3.8) is 0 Å². The molecule has 0 aliphatic carbocycles. The number of thiophene rings is 1. The molecular weight excluding hydrogens is 322 g/mol. The largest absolute Gasteiger partial charge is 0.299 e. The predicted molar refractivity (Wildman–Crippen MR) is 70.8 cm³/mol. The van der Waals surface area contributed by atoms with Crippen molar-refractivity contribution in [2.24, 2.45) is 0 Å². The van der Waals surface area contributed by atoms with E-state index < -0.39 is 11.6 Å². The molecule has 1 aromatic carbocycles. The van der Waals surface area contributed by atoms with Crippen LogP contribution in [0.1, 0.15) is 10.4 Å². The summed E-state index contributed by atoms with van der Waals surface area (Å²) >= 11 is 4.76. The number of Topliss-reactive ketones (excluding diaryl/α,β-unsaturated/α-hetero) is 1. The molecule has 94 valence electrons. The topological polar surface area (TPSA) is 17.1 Å². The summed E-state index contributed by atoms with van der Waals surface area (Å²) in [7, 11) is 0. The van der Waals surface area contributed by atoms with E-state index in [1.54, 1.807) is 0 Å². The molecule has 2 aromatic rings. The van der Waals surface area contributed by atoms with Crippen LogP contribution < -0.4 is 0 Å². The minimum absolute atomic E-state index is 0.0842. The zero-order chi connectivity index (χ0) is 13.1. The Morgan fingerprint density at radius 2 is 2.06 bits per heavy atom. The van der Waals surface area contributed by atoms with Crippen LogP contribution in [-0.2, 0) is 17.6 Å². The fraction of sp³-hybridized carbons (Fsp3) is 0.154. The van der Waals surface area contributed by atoms with E-state index in [9.17, 15) is 13.6 Å². The number of carbonyl (C=O) groups excluding carboxylic acids is 1. The van der Waals surface area contributed by atoms with E-state index in [2.05, 4.69) is 15.9 Å². The van der Waals surface area contributed by atoms with Crippen molar-refractivity contribution in [3.8, 4) is 0 Å². The van der Waals surface area contributed by atoms with Crippen LogP contribution in [0.5, 0.6) is 0 Å². The third-order valence-electron chi connectivity index (χ3n) is 2.41. The Hall–Kier alpha value is -1.07. The van der Waals surface area contributed by atoms with Crippen molar-refractivity contribution >= 4 is 33.0 Å². The molecule has 1 nitrogen and oxygen atoms in total. The molecule has 0 amide bonds. The predicted octanol–water partition coefficient (Wildman–Crippen LogP) is 4.14. The van der Waals surface area contributed by atoms with Crippen LogP contribution in [0, 0.1) is 11.6 Å². The molecule has 0 aliphatic rings. The van der Waals surface area contributed by atoms with Crippen molar-refractivity contribution in [3.05, 3.63) is 56.2 Å². The number of hydrogen-bond acceptors (Lipinski definition) is 2. The van der Waals surface area contributed by atoms with E-state index in [0.29, 0.717) is 0 Å². The van der Waals surface area contributed by atoms with E-state index in [-0.39, 0.29) is 24.2 Å². The second-order valence-electron chi connectivity index (χ2n) is 3.84. The Kier molecular flexibility index (Phi) is 4.24. The lowest BCUT2D eigenvalue weighted by Crippen LogP contribution is -2.07. The lowest BCUT2D eigenvalue weighted by molar-refractivity contribution is -0.117. The molecule has 0 spiro atoms. The van der Waals surface area contributed by atoms with Gasteiger partial charge in [-0.25, -0.2) is 8.78 Å². The molecule has 0 fully saturated rings. The summed E-state index contributed by atoms with van der Waals surface area (Å²) in [4.78, 5) is 12.7. The van der Waals surface area contributed by atoms with Crippen molar-refractivity contribution < 1.29 is 13.6 Å². The van der Waals surface area contributed by atoms with Crippen LogP contribution in [0.4, 0.5) is 8.78 Å². The van der Waals surface area contributed by atoms with Gasteiger partial charge in [-0.15, -0.1) is 11.3 Å². The van der Waals surface area contributed by atoms with Crippen LogP contribution in [0.3, 0.4) is 0 Å². The summed E-state index contributed by atoms with van der Waals surface area (Å²) in [5, 5.41) is 1.88. The van der Waals surface area contributed by atoms with Gasteiger partial charge in [0.1, 0.15) is 5.78 Å². The summed E-state index contributed by atoms with van der Waals surface area (Å²) in [6.07, 6.45) is 0.158. The summed E-state index contributed by atoms with van der Waals surface area (Å²) in [6, 6.07) is 5.73. The SMILES string of the molecule is O=C(Cc1cc(Br)cs1)Cc1cccc(F)c1F. The first-order chi connectivity index (χ1) is 8.56. The third kappa shape index (κ3) is 3.23. The van der Waals surface area contributed by atoms with Gasteiger partial charge in [0.15, 0.2) is 11.6 Å². The maximum Gasteiger partial charge on any atom is 0.162 e. The van der Waals surface area contributed by atoms with Crippen LogP contribution in [0.15, 0.2) is 34.1 Å². The van der Waals surface area contributed by atoms with Crippen molar-refractivity contribution in [2.45, 2.75) is 12.8 Å². The van der Waals surface area contributed by atoms with Crippen molar-refractivity contribution in [1.29, 1.82) is 0 Å². The molecule has 1 heterocycles. The summed E-state index contributed by atoms with van der Waals surface area (Å²) in [6.45, 7) is 0. The Bertz CT molecular complexity index is 580. The zero-order valence-electron chi connectivity index (χ0n) is 9.25. The third-order valence-corrected chi connectivity index (χ3v) is 4.11. The molecule has 2 rings (SSSR count). The number of hydrogen-bond donors (Lipinski definition) is 0. The van der Waals surface area contributed by atoms with E-state index in [0.717, 1.165) is 15.4 Å². The second-order valence-corrected chi connectivity index (χ2v) is 5.75. The number of carbonyl (C=O) groups is 1. The monoisotopic (exact) mass is 330 g/mol. The van der Waals surface area contributed by atoms with Crippen LogP contribution >= 0.6 is 27.3 Å². The number of ketones is 1. The van der Waals surface area contributed by atoms with E-state index in [1.165, 1.54) is 23.5 Å². The van der Waals surface area contributed by atoms with Crippen LogP contribution in [-0.4, -0.2) is 5.78 Å². The van der Waals surface area contributed by atoms with Gasteiger partial charge in [-0.2, -0.15) is 0 Å². The maximum absolute atomic E-state index is 13.4. The minimum Gasteiger partial charge on any atom is -0.299 e. The quantitative estimate of drug-likeness (QED) is 0.823. The van der Waals surface area contributed by atoms with E-state index in [1.807, 2.05) is 11.4 Å². The Balaban J connectivity index is 2.05. The highest BCUT2D eigenvalue weighted by Gasteiger charge is 2.12. The molecule has 5 heteroatoms. The first-order valence-corrected chi connectivity index (χ1v) is 6.91. The number of benzene rings is 1. The van der Waals surface area contributed by atoms with Gasteiger partial charge in [-0.1, -0.05) is 12.1 Å². The molecule has 0 N–H and O–H groups in total. The molecule has 0 radical (unpaired) electrons. The highest BCUT2D eigenvalue weighted by molar-refractivity contribution is 9.10. The molecule has 0 unspecified atom stereocenters. The molecule has 0 saturated carbocycles. The molecule has 1 aromatic heterocycles. The van der Waals surface area contributed by atoms with Gasteiger partial charge < -0.3 is 0 Å². The highest BCUT2D eigenvalue weighted by Crippen LogP contribution is 2.21. The number of rotatable bonds is 4. The lowest BCUT2D eigenvalue weighted by Gasteiger charge is -2.02. The fourth-order valence-electron chi connectivity index (χ4n) is 1.60. The molecule has 18 heavy (non-hydrogen) atoms. The minimum atomic E-state index is -0.932. The summed E-state index contributed by atoms with van der Waals surface area (Å²) in [5.41, 5.74) is 0.107. The summed E-state index contributed by atoms with van der Waals surface area (Å²) < 4.78 is 27.3. The van der Waals surface area contributed by atoms with Gasteiger partial charge in [0.05, 0.1) is 0 Å². The normalized spacial score (nSPS) is 10.6. The van der Waals surface area contributed by atoms with Gasteiger partial charge in [-0.3, -0.25) is 4.79 Å². The van der Waals surface area contributed by atoms with Gasteiger partial charge in [0.2, 0.25) is 0 Å². The first-order valence-electron chi connectivity index (χ1n) is 5.24. The molecule has 0 atom stereocenters. The van der Waals surface area contributed by atoms with E-state index >= 15 is 0 Å². The average molecular weight is 331 g/mol. The van der Waals surface area contributed by atoms with Gasteiger partial charge in [0, 0.05) is 27.6 Å². The molecule has 0 saturated heterocycles. The van der Waals surface area contributed by atoms with Crippen molar-refractivity contribution in [2.75, 3.05) is 0 Å². The van der Waals surface area contributed by atoms with Crippen LogP contribution in [0.2, 0.25) is 0 Å². The standard InChI is InChI=1S/C13H9BrF2OS/c14-9-5-11(18-7-9)6-10(17)4-8-2-1-3-12(15)13(8)16/h1-3,5,7H,4,6H2. The maximum atomic E-state index is 13.4. The Morgan fingerprint density at radius 1 is 1.28 bits per heavy atom. The van der Waals surface area contributed by atoms with E-state index in [4.69, 9.17) is 0 Å². The smallest absolute Gasteiger partial charge is 0.162 e. The molecule has 0 bridgehead atoms. The van der Waals surface area contributed by atoms with Crippen LogP contribution in [0.25, 0.3) is 0 Å². The van der Waals surface area contributed by atoms with Gasteiger partial charge in [-0.05, 0) is 33.6 Å². The Morgan fingerprint density at radius 3 is 2.72 bits per heavy atom. The zero-order valence-corrected chi connectivity index (χ0v) is 11.7. The average Bonchev–Trinajstić information content (AvgIpc) is 2.70. The van der Waals surface area contributed by atoms with Gasteiger partial charge in [0.25, 0.3) is 0 Å². The number of halogens is 3. The Labute approximate surface area is 116 Å². The van der Waals surface area contributed by atoms with Crippen molar-refractivity contribution in [1.82, 2.24) is 0 Å². The molecular formula is C13H9BrF2OS. The first kappa shape index (κ1) is 13.4. The molecule has 0 aliphatic heterocycles.